The molecule has 2 heterocycles. The van der Waals surface area contributed by atoms with E-state index in [1.807, 2.05) is 43.1 Å². The van der Waals surface area contributed by atoms with Crippen LogP contribution in [0, 0.1) is 0 Å². The number of hydrogen-bond acceptors (Lipinski definition) is 4. The zero-order valence-electron chi connectivity index (χ0n) is 14.7. The Bertz CT molecular complexity index is 589. The van der Waals surface area contributed by atoms with Crippen LogP contribution in [0.5, 0.6) is 0 Å². The molecule has 1 aromatic rings. The molecule has 0 unspecified atom stereocenters. The number of halogens is 1. The van der Waals surface area contributed by atoms with Crippen LogP contribution in [0.25, 0.3) is 0 Å². The zero-order chi connectivity index (χ0) is 17.7. The summed E-state index contributed by atoms with van der Waals surface area (Å²) in [5.74, 6) is 2.23. The van der Waals surface area contributed by atoms with Gasteiger partial charge in [0.2, 0.25) is 0 Å². The third-order valence-corrected chi connectivity index (χ3v) is 6.46. The van der Waals surface area contributed by atoms with Gasteiger partial charge in [0.15, 0.2) is 0 Å². The molecule has 1 atom stereocenters. The van der Waals surface area contributed by atoms with Crippen molar-refractivity contribution in [3.05, 3.63) is 34.9 Å². The molecule has 2 saturated heterocycles. The van der Waals surface area contributed by atoms with Crippen LogP contribution in [0.15, 0.2) is 24.3 Å². The fourth-order valence-electron chi connectivity index (χ4n) is 3.49. The van der Waals surface area contributed by atoms with Gasteiger partial charge in [0.25, 0.3) is 0 Å². The lowest BCUT2D eigenvalue weighted by molar-refractivity contribution is -0.0127. The molecule has 2 amide bonds. The number of morpholine rings is 1. The molecule has 2 fully saturated rings. The Balaban J connectivity index is 1.56. The molecule has 7 heteroatoms. The van der Waals surface area contributed by atoms with Crippen molar-refractivity contribution < 1.29 is 9.53 Å². The predicted octanol–water partition coefficient (Wildman–Crippen LogP) is 2.69. The van der Waals surface area contributed by atoms with Crippen molar-refractivity contribution in [3.8, 4) is 0 Å². The minimum atomic E-state index is -0.0375. The highest BCUT2D eigenvalue weighted by atomic mass is 35.5. The second kappa shape index (κ2) is 8.62. The summed E-state index contributed by atoms with van der Waals surface area (Å²) in [7, 11) is 1.82. The number of nitrogens with zero attached hydrogens (tertiary/aromatic N) is 2. The quantitative estimate of drug-likeness (QED) is 0.849. The fraction of sp³-hybridized carbons (Fsp3) is 0.611. The number of hydrogen-bond donors (Lipinski definition) is 1. The van der Waals surface area contributed by atoms with Gasteiger partial charge in [-0.2, -0.15) is 11.8 Å². The van der Waals surface area contributed by atoms with E-state index in [4.69, 9.17) is 16.3 Å². The highest BCUT2D eigenvalue weighted by Gasteiger charge is 2.41. The summed E-state index contributed by atoms with van der Waals surface area (Å²) in [6.45, 7) is 4.72. The molecule has 25 heavy (non-hydrogen) atoms. The Morgan fingerprint density at radius 3 is 2.92 bits per heavy atom. The average molecular weight is 384 g/mol. The third kappa shape index (κ3) is 4.82. The zero-order valence-corrected chi connectivity index (χ0v) is 16.2. The number of urea groups is 1. The maximum atomic E-state index is 12.5. The van der Waals surface area contributed by atoms with Gasteiger partial charge in [0.1, 0.15) is 0 Å². The molecule has 2 aliphatic heterocycles. The Kier molecular flexibility index (Phi) is 6.49. The first-order chi connectivity index (χ1) is 12.1. The number of thioether (sulfide) groups is 1. The molecular formula is C18H26ClN3O2S. The Morgan fingerprint density at radius 2 is 2.24 bits per heavy atom. The topological polar surface area (TPSA) is 44.8 Å². The SMILES string of the molecule is CN(Cc1cccc(Cl)c1)C(=O)NC[C@@]1(N2CCOCC2)CCSC1. The molecule has 0 spiro atoms. The minimum absolute atomic E-state index is 0.0375. The van der Waals surface area contributed by atoms with E-state index in [2.05, 4.69) is 10.2 Å². The van der Waals surface area contributed by atoms with Gasteiger partial charge in [-0.15, -0.1) is 0 Å². The molecule has 0 radical (unpaired) electrons. The molecule has 2 aliphatic rings. The van der Waals surface area contributed by atoms with Gasteiger partial charge in [0, 0.05) is 49.5 Å². The van der Waals surface area contributed by atoms with Crippen LogP contribution >= 0.6 is 23.4 Å². The maximum absolute atomic E-state index is 12.5. The predicted molar refractivity (Wildman–Crippen MR) is 103 cm³/mol. The van der Waals surface area contributed by atoms with Crippen molar-refractivity contribution in [1.82, 2.24) is 15.1 Å². The summed E-state index contributed by atoms with van der Waals surface area (Å²) in [4.78, 5) is 16.8. The molecular weight excluding hydrogens is 358 g/mol. The number of nitrogens with one attached hydrogen (secondary N) is 1. The van der Waals surface area contributed by atoms with Crippen LogP contribution < -0.4 is 5.32 Å². The normalized spacial score (nSPS) is 24.2. The number of amides is 2. The van der Waals surface area contributed by atoms with Crippen LogP contribution in [0.2, 0.25) is 5.02 Å². The Morgan fingerprint density at radius 1 is 1.44 bits per heavy atom. The Labute approximate surface area is 159 Å². The van der Waals surface area contributed by atoms with E-state index in [0.29, 0.717) is 18.1 Å². The number of carbonyl (C=O) groups excluding carboxylic acids is 1. The number of ether oxygens (including phenoxy) is 1. The first-order valence-corrected chi connectivity index (χ1v) is 10.3. The van der Waals surface area contributed by atoms with Gasteiger partial charge in [-0.1, -0.05) is 23.7 Å². The molecule has 0 aliphatic carbocycles. The van der Waals surface area contributed by atoms with E-state index >= 15 is 0 Å². The van der Waals surface area contributed by atoms with Gasteiger partial charge in [-0.25, -0.2) is 4.79 Å². The number of benzene rings is 1. The van der Waals surface area contributed by atoms with Gasteiger partial charge in [-0.05, 0) is 29.9 Å². The molecule has 5 nitrogen and oxygen atoms in total. The second-order valence-electron chi connectivity index (χ2n) is 6.77. The summed E-state index contributed by atoms with van der Waals surface area (Å²) in [6.07, 6.45) is 1.12. The van der Waals surface area contributed by atoms with E-state index in [1.54, 1.807) is 4.90 Å². The monoisotopic (exact) mass is 383 g/mol. The molecule has 0 bridgehead atoms. The van der Waals surface area contributed by atoms with Crippen LogP contribution in [0.4, 0.5) is 4.79 Å². The van der Waals surface area contributed by atoms with Crippen molar-refractivity contribution >= 4 is 29.4 Å². The lowest BCUT2D eigenvalue weighted by atomic mass is 9.95. The van der Waals surface area contributed by atoms with Crippen molar-refractivity contribution in [2.75, 3.05) is 51.4 Å². The van der Waals surface area contributed by atoms with Crippen molar-refractivity contribution in [2.45, 2.75) is 18.5 Å². The molecule has 0 aromatic heterocycles. The van der Waals surface area contributed by atoms with Crippen LogP contribution in [-0.2, 0) is 11.3 Å². The fourth-order valence-corrected chi connectivity index (χ4v) is 5.18. The summed E-state index contributed by atoms with van der Waals surface area (Å²) in [6, 6.07) is 7.60. The van der Waals surface area contributed by atoms with Gasteiger partial charge in [-0.3, -0.25) is 4.90 Å². The van der Waals surface area contributed by atoms with E-state index in [9.17, 15) is 4.79 Å². The van der Waals surface area contributed by atoms with E-state index in [-0.39, 0.29) is 11.6 Å². The largest absolute Gasteiger partial charge is 0.379 e. The van der Waals surface area contributed by atoms with E-state index < -0.39 is 0 Å². The summed E-state index contributed by atoms with van der Waals surface area (Å²) >= 11 is 8.00. The maximum Gasteiger partial charge on any atom is 0.317 e. The van der Waals surface area contributed by atoms with Crippen molar-refractivity contribution in [3.63, 3.8) is 0 Å². The molecule has 0 saturated carbocycles. The second-order valence-corrected chi connectivity index (χ2v) is 8.31. The standard InChI is InChI=1S/C18H26ClN3O2S/c1-21(12-15-3-2-4-16(19)11-15)17(23)20-13-18(5-10-25-14-18)22-6-8-24-9-7-22/h2-4,11H,5-10,12-14H2,1H3,(H,20,23)/t18-/m0/s1. The van der Waals surface area contributed by atoms with Crippen LogP contribution in [0.1, 0.15) is 12.0 Å². The molecule has 1 aromatic carbocycles. The smallest absolute Gasteiger partial charge is 0.317 e. The highest BCUT2D eigenvalue weighted by Crippen LogP contribution is 2.33. The van der Waals surface area contributed by atoms with Gasteiger partial charge < -0.3 is 15.0 Å². The van der Waals surface area contributed by atoms with Crippen molar-refractivity contribution in [2.24, 2.45) is 0 Å². The number of rotatable bonds is 5. The first kappa shape index (κ1) is 18.8. The highest BCUT2D eigenvalue weighted by molar-refractivity contribution is 7.99. The van der Waals surface area contributed by atoms with Crippen molar-refractivity contribution in [1.29, 1.82) is 0 Å². The summed E-state index contributed by atoms with van der Waals surface area (Å²) in [5.41, 5.74) is 1.10. The number of carbonyl (C=O) groups is 1. The molecule has 3 rings (SSSR count). The summed E-state index contributed by atoms with van der Waals surface area (Å²) in [5, 5.41) is 3.85. The Hall–Kier alpha value is -0.950. The lowest BCUT2D eigenvalue weighted by Gasteiger charge is -2.43. The lowest BCUT2D eigenvalue weighted by Crippen LogP contribution is -2.59. The average Bonchev–Trinajstić information content (AvgIpc) is 3.10. The van der Waals surface area contributed by atoms with E-state index in [1.165, 1.54) is 0 Å². The first-order valence-electron chi connectivity index (χ1n) is 8.73. The van der Waals surface area contributed by atoms with Gasteiger partial charge >= 0.3 is 6.03 Å². The molecule has 1 N–H and O–H groups in total. The van der Waals surface area contributed by atoms with Crippen LogP contribution in [-0.4, -0.2) is 72.8 Å². The third-order valence-electron chi connectivity index (χ3n) is 4.99. The van der Waals surface area contributed by atoms with E-state index in [0.717, 1.165) is 49.8 Å². The summed E-state index contributed by atoms with van der Waals surface area (Å²) < 4.78 is 5.49. The molecule has 138 valence electrons. The van der Waals surface area contributed by atoms with Crippen LogP contribution in [0.3, 0.4) is 0 Å². The van der Waals surface area contributed by atoms with Gasteiger partial charge in [0.05, 0.1) is 13.2 Å². The minimum Gasteiger partial charge on any atom is -0.379 e.